The third-order valence-corrected chi connectivity index (χ3v) is 4.36. The van der Waals surface area contributed by atoms with Gasteiger partial charge in [-0.25, -0.2) is 0 Å². The van der Waals surface area contributed by atoms with Gasteiger partial charge in [0.15, 0.2) is 0 Å². The highest BCUT2D eigenvalue weighted by atomic mass is 16.5. The first-order chi connectivity index (χ1) is 11.6. The van der Waals surface area contributed by atoms with E-state index in [9.17, 15) is 15.0 Å². The van der Waals surface area contributed by atoms with Crippen molar-refractivity contribution < 1.29 is 24.5 Å². The second kappa shape index (κ2) is 8.86. The van der Waals surface area contributed by atoms with E-state index < -0.39 is 0 Å². The Balaban J connectivity index is 2.20. The van der Waals surface area contributed by atoms with E-state index in [1.54, 1.807) is 23.1 Å². The fraction of sp³-hybridized carbons (Fsp3) is 0.588. The van der Waals surface area contributed by atoms with Crippen LogP contribution in [-0.4, -0.2) is 67.6 Å². The van der Waals surface area contributed by atoms with E-state index in [1.165, 1.54) is 7.11 Å². The third-order valence-electron chi connectivity index (χ3n) is 4.36. The molecule has 1 aromatic carbocycles. The van der Waals surface area contributed by atoms with Gasteiger partial charge in [-0.15, -0.1) is 0 Å². The number of methoxy groups -OCH3 is 1. The number of aliphatic hydroxyl groups is 2. The Kier molecular flexibility index (Phi) is 6.84. The van der Waals surface area contributed by atoms with Crippen LogP contribution >= 0.6 is 0 Å². The Hall–Kier alpha value is -1.83. The molecule has 7 heteroatoms. The van der Waals surface area contributed by atoms with Crippen LogP contribution in [0.25, 0.3) is 0 Å². The fourth-order valence-corrected chi connectivity index (χ4v) is 2.88. The van der Waals surface area contributed by atoms with Crippen molar-refractivity contribution in [1.29, 1.82) is 0 Å². The number of rotatable bonds is 8. The predicted molar refractivity (Wildman–Crippen MR) is 89.2 cm³/mol. The van der Waals surface area contributed by atoms with Crippen molar-refractivity contribution in [3.8, 4) is 11.5 Å². The van der Waals surface area contributed by atoms with Gasteiger partial charge in [-0.2, -0.15) is 0 Å². The number of benzene rings is 1. The summed E-state index contributed by atoms with van der Waals surface area (Å²) >= 11 is 0. The van der Waals surface area contributed by atoms with Crippen LogP contribution in [0.1, 0.15) is 16.8 Å². The molecule has 2 atom stereocenters. The quantitative estimate of drug-likeness (QED) is 0.581. The minimum Gasteiger partial charge on any atom is -0.497 e. The SMILES string of the molecule is COc1ccc(OCCCN)c(C(=O)N2CC(CO)C(CO)C2)c1. The second-order valence-electron chi connectivity index (χ2n) is 5.95. The molecule has 2 rings (SSSR count). The molecular formula is C17H26N2O5. The van der Waals surface area contributed by atoms with Gasteiger partial charge >= 0.3 is 0 Å². The first-order valence-corrected chi connectivity index (χ1v) is 8.16. The average molecular weight is 338 g/mol. The van der Waals surface area contributed by atoms with Crippen LogP contribution in [0.2, 0.25) is 0 Å². The largest absolute Gasteiger partial charge is 0.497 e. The Morgan fingerprint density at radius 3 is 2.50 bits per heavy atom. The van der Waals surface area contributed by atoms with Crippen molar-refractivity contribution in [2.24, 2.45) is 17.6 Å². The minimum atomic E-state index is -0.189. The van der Waals surface area contributed by atoms with Gasteiger partial charge in [-0.1, -0.05) is 0 Å². The van der Waals surface area contributed by atoms with E-state index in [1.807, 2.05) is 0 Å². The van der Waals surface area contributed by atoms with Gasteiger partial charge in [-0.3, -0.25) is 4.79 Å². The number of aliphatic hydroxyl groups excluding tert-OH is 2. The lowest BCUT2D eigenvalue weighted by Crippen LogP contribution is -2.30. The molecule has 0 bridgehead atoms. The van der Waals surface area contributed by atoms with Gasteiger partial charge in [0.25, 0.3) is 5.91 Å². The molecule has 1 aromatic rings. The number of amides is 1. The van der Waals surface area contributed by atoms with E-state index in [0.29, 0.717) is 49.7 Å². The number of carbonyl (C=O) groups excluding carboxylic acids is 1. The molecule has 0 aromatic heterocycles. The Bertz CT molecular complexity index is 540. The lowest BCUT2D eigenvalue weighted by Gasteiger charge is -2.19. The summed E-state index contributed by atoms with van der Waals surface area (Å²) in [5, 5.41) is 18.8. The highest BCUT2D eigenvalue weighted by Crippen LogP contribution is 2.29. The molecule has 0 saturated carbocycles. The summed E-state index contributed by atoms with van der Waals surface area (Å²) in [7, 11) is 1.54. The van der Waals surface area contributed by atoms with Crippen LogP contribution in [0, 0.1) is 11.8 Å². The molecule has 0 aliphatic carbocycles. The van der Waals surface area contributed by atoms with Crippen molar-refractivity contribution in [3.63, 3.8) is 0 Å². The zero-order chi connectivity index (χ0) is 17.5. The van der Waals surface area contributed by atoms with E-state index in [-0.39, 0.29) is 31.0 Å². The van der Waals surface area contributed by atoms with Crippen molar-refractivity contribution in [1.82, 2.24) is 4.90 Å². The molecule has 24 heavy (non-hydrogen) atoms. The van der Waals surface area contributed by atoms with Gasteiger partial charge in [0.2, 0.25) is 0 Å². The summed E-state index contributed by atoms with van der Waals surface area (Å²) in [5.74, 6) is 0.659. The molecule has 4 N–H and O–H groups in total. The molecule has 0 spiro atoms. The Morgan fingerprint density at radius 2 is 1.96 bits per heavy atom. The molecule has 1 aliphatic rings. The first kappa shape index (κ1) is 18.5. The lowest BCUT2D eigenvalue weighted by atomic mass is 9.98. The topological polar surface area (TPSA) is 105 Å². The minimum absolute atomic E-state index is 0.0486. The lowest BCUT2D eigenvalue weighted by molar-refractivity contribution is 0.0773. The van der Waals surface area contributed by atoms with Crippen LogP contribution < -0.4 is 15.2 Å². The number of hydrogen-bond donors (Lipinski definition) is 3. The molecular weight excluding hydrogens is 312 g/mol. The summed E-state index contributed by atoms with van der Waals surface area (Å²) in [6.45, 7) is 1.68. The molecule has 1 saturated heterocycles. The summed E-state index contributed by atoms with van der Waals surface area (Å²) in [4.78, 5) is 14.5. The van der Waals surface area contributed by atoms with Crippen LogP contribution in [0.15, 0.2) is 18.2 Å². The second-order valence-corrected chi connectivity index (χ2v) is 5.95. The van der Waals surface area contributed by atoms with E-state index in [4.69, 9.17) is 15.2 Å². The monoisotopic (exact) mass is 338 g/mol. The molecule has 0 radical (unpaired) electrons. The van der Waals surface area contributed by atoms with Gasteiger partial charge in [-0.05, 0) is 31.2 Å². The van der Waals surface area contributed by atoms with Gasteiger partial charge < -0.3 is 30.3 Å². The molecule has 1 heterocycles. The number of carbonyl (C=O) groups is 1. The first-order valence-electron chi connectivity index (χ1n) is 8.16. The standard InChI is InChI=1S/C17H26N2O5/c1-23-14-3-4-16(24-6-2-5-18)15(7-14)17(22)19-8-12(10-20)13(9-19)11-21/h3-4,7,12-13,20-21H,2,5-6,8-11,18H2,1H3. The zero-order valence-electron chi connectivity index (χ0n) is 14.0. The van der Waals surface area contributed by atoms with E-state index in [0.717, 1.165) is 0 Å². The van der Waals surface area contributed by atoms with E-state index in [2.05, 4.69) is 0 Å². The van der Waals surface area contributed by atoms with Gasteiger partial charge in [0.05, 0.1) is 19.3 Å². The van der Waals surface area contributed by atoms with Crippen molar-refractivity contribution in [2.75, 3.05) is 46.6 Å². The number of nitrogens with zero attached hydrogens (tertiary/aromatic N) is 1. The van der Waals surface area contributed by atoms with Gasteiger partial charge in [0.1, 0.15) is 11.5 Å². The van der Waals surface area contributed by atoms with Crippen LogP contribution in [0.4, 0.5) is 0 Å². The van der Waals surface area contributed by atoms with Crippen LogP contribution in [-0.2, 0) is 0 Å². The van der Waals surface area contributed by atoms with Gasteiger partial charge in [0, 0.05) is 38.1 Å². The fourth-order valence-electron chi connectivity index (χ4n) is 2.88. The molecule has 1 amide bonds. The third kappa shape index (κ3) is 4.17. The Labute approximate surface area is 142 Å². The maximum Gasteiger partial charge on any atom is 0.257 e. The number of likely N-dealkylation sites (tertiary alicyclic amines) is 1. The number of ether oxygens (including phenoxy) is 2. The summed E-state index contributed by atoms with van der Waals surface area (Å²) in [5.41, 5.74) is 5.89. The Morgan fingerprint density at radius 1 is 1.29 bits per heavy atom. The van der Waals surface area contributed by atoms with Crippen molar-refractivity contribution >= 4 is 5.91 Å². The average Bonchev–Trinajstić information content (AvgIpc) is 3.05. The smallest absolute Gasteiger partial charge is 0.257 e. The van der Waals surface area contributed by atoms with E-state index >= 15 is 0 Å². The summed E-state index contributed by atoms with van der Waals surface area (Å²) < 4.78 is 10.9. The highest BCUT2D eigenvalue weighted by molar-refractivity contribution is 5.97. The number of nitrogens with two attached hydrogens (primary N) is 1. The predicted octanol–water partition coefficient (Wildman–Crippen LogP) is 0.0956. The molecule has 2 unspecified atom stereocenters. The van der Waals surface area contributed by atoms with Crippen LogP contribution in [0.5, 0.6) is 11.5 Å². The summed E-state index contributed by atoms with van der Waals surface area (Å²) in [6.07, 6.45) is 0.697. The summed E-state index contributed by atoms with van der Waals surface area (Å²) in [6, 6.07) is 5.11. The number of hydrogen-bond acceptors (Lipinski definition) is 6. The maximum absolute atomic E-state index is 12.9. The molecule has 1 fully saturated rings. The van der Waals surface area contributed by atoms with Crippen molar-refractivity contribution in [2.45, 2.75) is 6.42 Å². The normalized spacial score (nSPS) is 20.2. The van der Waals surface area contributed by atoms with Crippen molar-refractivity contribution in [3.05, 3.63) is 23.8 Å². The molecule has 1 aliphatic heterocycles. The highest BCUT2D eigenvalue weighted by Gasteiger charge is 2.35. The zero-order valence-corrected chi connectivity index (χ0v) is 14.0. The molecule has 134 valence electrons. The maximum atomic E-state index is 12.9. The van der Waals surface area contributed by atoms with Crippen LogP contribution in [0.3, 0.4) is 0 Å². The molecule has 7 nitrogen and oxygen atoms in total.